The highest BCUT2D eigenvalue weighted by atomic mass is 19.3. The highest BCUT2D eigenvalue weighted by Crippen LogP contribution is 2.41. The average Bonchev–Trinajstić information content (AvgIpc) is 3.64. The number of carbonyl (C=O) groups is 3. The summed E-state index contributed by atoms with van der Waals surface area (Å²) in [7, 11) is 3.01. The fourth-order valence-corrected chi connectivity index (χ4v) is 4.98. The number of carbonyl (C=O) groups excluding carboxylic acids is 3. The van der Waals surface area contributed by atoms with Crippen molar-refractivity contribution >= 4 is 34.8 Å². The number of ether oxygens (including phenoxy) is 3. The molecule has 0 saturated carbocycles. The predicted octanol–water partition coefficient (Wildman–Crippen LogP) is 3.47. The van der Waals surface area contributed by atoms with Crippen molar-refractivity contribution in [2.45, 2.75) is 46.2 Å². The molecule has 0 aliphatic carbocycles. The van der Waals surface area contributed by atoms with Gasteiger partial charge in [-0.1, -0.05) is 6.07 Å². The number of nitrogens with two attached hydrogens (primary N) is 1. The Bertz CT molecular complexity index is 1790. The Labute approximate surface area is 256 Å². The fraction of sp³-hybridized carbons (Fsp3) is 0.345. The molecule has 0 bridgehead atoms. The minimum atomic E-state index is -3.72. The molecule has 0 atom stereocenters. The van der Waals surface area contributed by atoms with Crippen LogP contribution in [-0.4, -0.2) is 69.1 Å². The molecule has 0 fully saturated rings. The zero-order chi connectivity index (χ0) is 32.5. The molecule has 45 heavy (non-hydrogen) atoms. The van der Waals surface area contributed by atoms with Crippen LogP contribution in [0.2, 0.25) is 0 Å². The number of amides is 4. The average molecular weight is 627 g/mol. The van der Waals surface area contributed by atoms with Gasteiger partial charge in [0.25, 0.3) is 5.91 Å². The molecular weight excluding hydrogens is 594 g/mol. The first-order chi connectivity index (χ1) is 21.4. The van der Waals surface area contributed by atoms with Gasteiger partial charge in [-0.25, -0.2) is 9.78 Å². The summed E-state index contributed by atoms with van der Waals surface area (Å²) in [5.41, 5.74) is 8.20. The zero-order valence-electron chi connectivity index (χ0n) is 25.0. The SMILES string of the molecule is CCn1nc(C)cc1C(=O)Nc1nc2cc(C(N)=O)cc(OC)c2n1CCCNC(=O)N(C)Cc1ccc2c(c1)OC(F)(F)O2. The van der Waals surface area contributed by atoms with Gasteiger partial charge in [0, 0.05) is 38.8 Å². The number of benzene rings is 2. The number of nitrogens with one attached hydrogen (secondary N) is 2. The van der Waals surface area contributed by atoms with Gasteiger partial charge in [-0.15, -0.1) is 8.78 Å². The Morgan fingerprint density at radius 2 is 1.89 bits per heavy atom. The van der Waals surface area contributed by atoms with Crippen molar-refractivity contribution in [3.63, 3.8) is 0 Å². The van der Waals surface area contributed by atoms with Crippen LogP contribution in [0.3, 0.4) is 0 Å². The van der Waals surface area contributed by atoms with Crippen molar-refractivity contribution in [2.75, 3.05) is 26.0 Å². The second-order valence-corrected chi connectivity index (χ2v) is 10.3. The van der Waals surface area contributed by atoms with Crippen molar-refractivity contribution in [2.24, 2.45) is 5.73 Å². The van der Waals surface area contributed by atoms with Crippen molar-refractivity contribution in [3.05, 3.63) is 58.9 Å². The number of primary amides is 1. The predicted molar refractivity (Wildman–Crippen MR) is 158 cm³/mol. The summed E-state index contributed by atoms with van der Waals surface area (Å²) < 4.78 is 44.4. The molecule has 4 N–H and O–H groups in total. The van der Waals surface area contributed by atoms with Crippen molar-refractivity contribution in [1.82, 2.24) is 29.5 Å². The number of imidazole rings is 1. The molecule has 238 valence electrons. The number of fused-ring (bicyclic) bond motifs is 2. The van der Waals surface area contributed by atoms with Crippen LogP contribution >= 0.6 is 0 Å². The maximum Gasteiger partial charge on any atom is 0.586 e. The third kappa shape index (κ3) is 6.58. The van der Waals surface area contributed by atoms with Crippen molar-refractivity contribution in [1.29, 1.82) is 0 Å². The normalized spacial score (nSPS) is 13.1. The van der Waals surface area contributed by atoms with Gasteiger partial charge in [-0.3, -0.25) is 19.6 Å². The van der Waals surface area contributed by atoms with Crippen LogP contribution in [0.25, 0.3) is 11.0 Å². The highest BCUT2D eigenvalue weighted by Gasteiger charge is 2.43. The van der Waals surface area contributed by atoms with Gasteiger partial charge in [0.15, 0.2) is 11.5 Å². The van der Waals surface area contributed by atoms with E-state index in [1.165, 1.54) is 36.3 Å². The molecule has 3 heterocycles. The number of urea groups is 1. The number of aryl methyl sites for hydroxylation is 3. The van der Waals surface area contributed by atoms with Gasteiger partial charge in [0.1, 0.15) is 17.0 Å². The molecule has 0 spiro atoms. The first-order valence-corrected chi connectivity index (χ1v) is 14.0. The Morgan fingerprint density at radius 1 is 1.13 bits per heavy atom. The molecule has 0 unspecified atom stereocenters. The monoisotopic (exact) mass is 626 g/mol. The number of anilines is 1. The minimum absolute atomic E-state index is 0.0768. The third-order valence-corrected chi connectivity index (χ3v) is 7.04. The van der Waals surface area contributed by atoms with E-state index in [9.17, 15) is 23.2 Å². The first-order valence-electron chi connectivity index (χ1n) is 14.0. The largest absolute Gasteiger partial charge is 0.586 e. The maximum atomic E-state index is 13.3. The fourth-order valence-electron chi connectivity index (χ4n) is 4.98. The van der Waals surface area contributed by atoms with Crippen molar-refractivity contribution in [3.8, 4) is 17.2 Å². The first kappa shape index (κ1) is 31.0. The molecule has 1 aliphatic rings. The number of alkyl halides is 2. The number of nitrogens with zero attached hydrogens (tertiary/aromatic N) is 5. The Morgan fingerprint density at radius 3 is 2.60 bits per heavy atom. The van der Waals surface area contributed by atoms with Crippen LogP contribution in [-0.2, 0) is 19.6 Å². The summed E-state index contributed by atoms with van der Waals surface area (Å²) in [4.78, 5) is 43.9. The van der Waals surface area contributed by atoms with Gasteiger partial charge in [-0.2, -0.15) is 5.10 Å². The van der Waals surface area contributed by atoms with E-state index in [2.05, 4.69) is 30.2 Å². The van der Waals surface area contributed by atoms with E-state index in [1.807, 2.05) is 6.92 Å². The summed E-state index contributed by atoms with van der Waals surface area (Å²) >= 11 is 0. The van der Waals surface area contributed by atoms with Crippen LogP contribution in [0, 0.1) is 6.92 Å². The van der Waals surface area contributed by atoms with E-state index in [-0.39, 0.29) is 36.1 Å². The van der Waals surface area contributed by atoms with Crippen molar-refractivity contribution < 1.29 is 37.4 Å². The number of hydrogen-bond donors (Lipinski definition) is 3. The zero-order valence-corrected chi connectivity index (χ0v) is 25.0. The summed E-state index contributed by atoms with van der Waals surface area (Å²) in [6.45, 7) is 4.82. The topological polar surface area (TPSA) is 168 Å². The number of rotatable bonds is 11. The van der Waals surface area contributed by atoms with Gasteiger partial charge >= 0.3 is 12.3 Å². The number of methoxy groups -OCH3 is 1. The third-order valence-electron chi connectivity index (χ3n) is 7.04. The smallest absolute Gasteiger partial charge is 0.494 e. The molecule has 1 aliphatic heterocycles. The number of hydrogen-bond acceptors (Lipinski definition) is 8. The molecule has 2 aromatic heterocycles. The summed E-state index contributed by atoms with van der Waals surface area (Å²) in [5.74, 6) is -0.739. The quantitative estimate of drug-likeness (QED) is 0.213. The Kier molecular flexibility index (Phi) is 8.48. The second-order valence-electron chi connectivity index (χ2n) is 10.3. The molecule has 2 aromatic carbocycles. The molecule has 4 aromatic rings. The molecule has 16 heteroatoms. The van der Waals surface area contributed by atoms with Gasteiger partial charge in [0.05, 0.1) is 18.3 Å². The lowest BCUT2D eigenvalue weighted by atomic mass is 10.1. The lowest BCUT2D eigenvalue weighted by Crippen LogP contribution is -2.37. The lowest BCUT2D eigenvalue weighted by Gasteiger charge is -2.18. The van der Waals surface area contributed by atoms with Crippen LogP contribution in [0.15, 0.2) is 36.4 Å². The molecular formula is C29H32F2N8O6. The standard InChI is InChI=1S/C29H32F2N8O6/c1-5-39-20(11-16(2)36-39)26(41)35-27-34-19-13-18(25(32)40)14-23(43-4)24(19)38(27)10-6-9-33-28(42)37(3)15-17-7-8-21-22(12-17)45-29(30,31)44-21/h7-8,11-14H,5-6,9-10,15H2,1-4H3,(H2,32,40)(H,33,42)(H,34,35,41). The van der Waals surface area contributed by atoms with E-state index >= 15 is 0 Å². The lowest BCUT2D eigenvalue weighted by molar-refractivity contribution is -0.286. The van der Waals surface area contributed by atoms with Crippen LogP contribution in [0.5, 0.6) is 17.2 Å². The van der Waals surface area contributed by atoms with Gasteiger partial charge < -0.3 is 34.7 Å². The minimum Gasteiger partial charge on any atom is -0.494 e. The highest BCUT2D eigenvalue weighted by molar-refractivity contribution is 6.04. The maximum absolute atomic E-state index is 13.3. The molecule has 0 radical (unpaired) electrons. The summed E-state index contributed by atoms with van der Waals surface area (Å²) in [6.07, 6.45) is -3.31. The summed E-state index contributed by atoms with van der Waals surface area (Å²) in [6, 6.07) is 8.61. The Balaban J connectivity index is 1.29. The van der Waals surface area contributed by atoms with Crippen LogP contribution < -0.4 is 30.6 Å². The summed E-state index contributed by atoms with van der Waals surface area (Å²) in [5, 5.41) is 9.99. The molecule has 5 rings (SSSR count). The van der Waals surface area contributed by atoms with E-state index < -0.39 is 24.1 Å². The van der Waals surface area contributed by atoms with Crippen LogP contribution in [0.1, 0.15) is 45.4 Å². The van der Waals surface area contributed by atoms with E-state index in [4.69, 9.17) is 10.5 Å². The molecule has 14 nitrogen and oxygen atoms in total. The van der Waals surface area contributed by atoms with Gasteiger partial charge in [-0.05, 0) is 56.2 Å². The van der Waals surface area contributed by atoms with E-state index in [0.29, 0.717) is 53.2 Å². The molecule has 4 amide bonds. The van der Waals surface area contributed by atoms with E-state index in [0.717, 1.165) is 0 Å². The Hall–Kier alpha value is -5.41. The second kappa shape index (κ2) is 12.3. The molecule has 0 saturated heterocycles. The number of aromatic nitrogens is 4. The van der Waals surface area contributed by atoms with E-state index in [1.54, 1.807) is 35.4 Å². The van der Waals surface area contributed by atoms with Crippen LogP contribution in [0.4, 0.5) is 19.5 Å². The number of halogens is 2. The van der Waals surface area contributed by atoms with Gasteiger partial charge in [0.2, 0.25) is 11.9 Å².